The Hall–Kier alpha value is -3.55. The van der Waals surface area contributed by atoms with Gasteiger partial charge < -0.3 is 74.7 Å². The molecule has 2 saturated heterocycles. The molecule has 2 heterocycles. The lowest BCUT2D eigenvalue weighted by molar-refractivity contribution is -0.360. The van der Waals surface area contributed by atoms with Crippen molar-refractivity contribution in [1.82, 2.24) is 0 Å². The summed E-state index contributed by atoms with van der Waals surface area (Å²) < 4.78 is 27.5. The van der Waals surface area contributed by atoms with Crippen LogP contribution in [0.3, 0.4) is 0 Å². The fourth-order valence-electron chi connectivity index (χ4n) is 4.71. The molecule has 2 fully saturated rings. The van der Waals surface area contributed by atoms with Crippen LogP contribution < -0.4 is 0 Å². The molecule has 45 heavy (non-hydrogen) atoms. The van der Waals surface area contributed by atoms with E-state index in [1.165, 1.54) is 42.5 Å². The number of phenolic OH excluding ortho intramolecular Hbond substituents is 4. The third kappa shape index (κ3) is 8.39. The fourth-order valence-corrected chi connectivity index (χ4v) is 4.71. The van der Waals surface area contributed by atoms with Gasteiger partial charge in [-0.15, -0.1) is 0 Å². The maximum absolute atomic E-state index is 12.4. The van der Waals surface area contributed by atoms with Gasteiger partial charge in [0.25, 0.3) is 0 Å². The van der Waals surface area contributed by atoms with Crippen LogP contribution in [0, 0.1) is 0 Å². The first kappa shape index (κ1) is 34.3. The van der Waals surface area contributed by atoms with E-state index in [9.17, 15) is 55.9 Å². The minimum absolute atomic E-state index is 0.108. The fraction of sp³-hybridized carbons (Fsp3) is 0.483. The number of ether oxygens (including phenoxy) is 5. The van der Waals surface area contributed by atoms with Gasteiger partial charge in [-0.3, -0.25) is 0 Å². The summed E-state index contributed by atoms with van der Waals surface area (Å²) in [5.41, 5.74) is 0.923. The highest BCUT2D eigenvalue weighted by Gasteiger charge is 2.51. The van der Waals surface area contributed by atoms with Gasteiger partial charge in [-0.2, -0.15) is 0 Å². The van der Waals surface area contributed by atoms with E-state index in [4.69, 9.17) is 23.7 Å². The molecule has 0 radical (unpaired) electrons. The summed E-state index contributed by atoms with van der Waals surface area (Å²) >= 11 is 0. The van der Waals surface area contributed by atoms with Crippen LogP contribution in [0.1, 0.15) is 11.1 Å². The smallest absolute Gasteiger partial charge is 0.330 e. The average molecular weight is 641 g/mol. The molecule has 4 rings (SSSR count). The van der Waals surface area contributed by atoms with Crippen LogP contribution in [0.5, 0.6) is 23.0 Å². The van der Waals surface area contributed by atoms with Crippen LogP contribution in [-0.2, 0) is 34.9 Å². The summed E-state index contributed by atoms with van der Waals surface area (Å²) in [7, 11) is 0. The summed E-state index contributed by atoms with van der Waals surface area (Å²) in [4.78, 5) is 12.4. The molecule has 2 aliphatic heterocycles. The molecule has 0 amide bonds. The molecule has 10 N–H and O–H groups in total. The zero-order valence-electron chi connectivity index (χ0n) is 23.6. The first-order valence-corrected chi connectivity index (χ1v) is 13.9. The van der Waals surface area contributed by atoms with E-state index >= 15 is 0 Å². The summed E-state index contributed by atoms with van der Waals surface area (Å²) in [6.07, 6.45) is -13.9. The van der Waals surface area contributed by atoms with E-state index in [1.807, 2.05) is 0 Å². The quantitative estimate of drug-likeness (QED) is 0.0720. The molecule has 248 valence electrons. The van der Waals surface area contributed by atoms with E-state index in [2.05, 4.69) is 0 Å². The van der Waals surface area contributed by atoms with Crippen molar-refractivity contribution in [3.63, 3.8) is 0 Å². The largest absolute Gasteiger partial charge is 0.504 e. The Balaban J connectivity index is 1.45. The normalized spacial score (nSPS) is 32.0. The second kappa shape index (κ2) is 15.2. The summed E-state index contributed by atoms with van der Waals surface area (Å²) in [6.45, 7) is -1.44. The molecular weight excluding hydrogens is 604 g/mol. The number of hydrogen-bond donors (Lipinski definition) is 10. The zero-order valence-corrected chi connectivity index (χ0v) is 23.6. The van der Waals surface area contributed by atoms with E-state index in [0.717, 1.165) is 6.08 Å². The highest BCUT2D eigenvalue weighted by molar-refractivity contribution is 5.87. The van der Waals surface area contributed by atoms with Gasteiger partial charge in [-0.05, 0) is 47.9 Å². The standard InChI is InChI=1S/C29H36O16/c30-11-19-22(36)24(38)25(39)29(43-19)45-27-23(37)20(12-42-21(35)6-3-13-1-4-15(31)17(33)9-13)44-28(26(27)40)41-8-7-14-2-5-16(32)18(34)10-14/h1-6,9-10,19-20,22-34,36-40H,7-8,11-12H2/b6-3+/t19-,20-,22-,23-,24+,25-,26-,27+,28-,29-/m1/s1. The third-order valence-electron chi connectivity index (χ3n) is 7.30. The van der Waals surface area contributed by atoms with Gasteiger partial charge in [0.05, 0.1) is 13.2 Å². The van der Waals surface area contributed by atoms with Crippen LogP contribution in [0.4, 0.5) is 0 Å². The predicted octanol–water partition coefficient (Wildman–Crippen LogP) is -2.04. The van der Waals surface area contributed by atoms with Gasteiger partial charge >= 0.3 is 5.97 Å². The molecule has 0 unspecified atom stereocenters. The Morgan fingerprint density at radius 3 is 2.09 bits per heavy atom. The van der Waals surface area contributed by atoms with Gasteiger partial charge in [0.2, 0.25) is 0 Å². The van der Waals surface area contributed by atoms with Gasteiger partial charge in [-0.1, -0.05) is 12.1 Å². The van der Waals surface area contributed by atoms with Crippen molar-refractivity contribution in [3.8, 4) is 23.0 Å². The second-order valence-electron chi connectivity index (χ2n) is 10.5. The van der Waals surface area contributed by atoms with Crippen molar-refractivity contribution in [1.29, 1.82) is 0 Å². The Labute approximate surface area is 256 Å². The Morgan fingerprint density at radius 2 is 1.42 bits per heavy atom. The number of carbonyl (C=O) groups is 1. The molecule has 0 saturated carbocycles. The van der Waals surface area contributed by atoms with Crippen LogP contribution in [0.25, 0.3) is 6.08 Å². The van der Waals surface area contributed by atoms with Gasteiger partial charge in [0.15, 0.2) is 35.6 Å². The third-order valence-corrected chi connectivity index (χ3v) is 7.30. The lowest BCUT2D eigenvalue weighted by Crippen LogP contribution is -2.65. The van der Waals surface area contributed by atoms with Gasteiger partial charge in [0.1, 0.15) is 55.4 Å². The lowest BCUT2D eigenvalue weighted by Gasteiger charge is -2.46. The molecule has 16 nitrogen and oxygen atoms in total. The summed E-state index contributed by atoms with van der Waals surface area (Å²) in [6, 6.07) is 7.97. The second-order valence-corrected chi connectivity index (χ2v) is 10.5. The van der Waals surface area contributed by atoms with E-state index < -0.39 is 86.3 Å². The number of rotatable bonds is 11. The highest BCUT2D eigenvalue weighted by atomic mass is 16.7. The molecular formula is C29H36O16. The van der Waals surface area contributed by atoms with Crippen molar-refractivity contribution >= 4 is 12.0 Å². The molecule has 2 aromatic rings. The molecule has 0 spiro atoms. The highest BCUT2D eigenvalue weighted by Crippen LogP contribution is 2.31. The first-order chi connectivity index (χ1) is 21.4. The van der Waals surface area contributed by atoms with Crippen LogP contribution >= 0.6 is 0 Å². The van der Waals surface area contributed by atoms with E-state index in [0.29, 0.717) is 11.1 Å². The molecule has 2 aromatic carbocycles. The van der Waals surface area contributed by atoms with Crippen molar-refractivity contribution in [2.75, 3.05) is 19.8 Å². The monoisotopic (exact) mass is 640 g/mol. The van der Waals surface area contributed by atoms with Crippen molar-refractivity contribution in [2.24, 2.45) is 0 Å². The maximum atomic E-state index is 12.4. The van der Waals surface area contributed by atoms with Crippen LogP contribution in [0.2, 0.25) is 0 Å². The van der Waals surface area contributed by atoms with Crippen LogP contribution in [-0.4, -0.2) is 138 Å². The lowest BCUT2D eigenvalue weighted by atomic mass is 9.97. The van der Waals surface area contributed by atoms with Crippen LogP contribution in [0.15, 0.2) is 42.5 Å². The van der Waals surface area contributed by atoms with Gasteiger partial charge in [0, 0.05) is 6.08 Å². The predicted molar refractivity (Wildman–Crippen MR) is 149 cm³/mol. The Kier molecular flexibility index (Phi) is 11.6. The number of aliphatic hydroxyl groups excluding tert-OH is 6. The Morgan fingerprint density at radius 1 is 0.756 bits per heavy atom. The molecule has 0 aliphatic carbocycles. The minimum Gasteiger partial charge on any atom is -0.504 e. The maximum Gasteiger partial charge on any atom is 0.330 e. The van der Waals surface area contributed by atoms with Gasteiger partial charge in [-0.25, -0.2) is 4.79 Å². The number of hydrogen-bond acceptors (Lipinski definition) is 16. The zero-order chi connectivity index (χ0) is 32.8. The summed E-state index contributed by atoms with van der Waals surface area (Å²) in [5.74, 6) is -2.31. The number of carbonyl (C=O) groups excluding carboxylic acids is 1. The summed E-state index contributed by atoms with van der Waals surface area (Å²) in [5, 5.41) is 100. The van der Waals surface area contributed by atoms with E-state index in [1.54, 1.807) is 0 Å². The molecule has 10 atom stereocenters. The number of esters is 1. The number of benzene rings is 2. The average Bonchev–Trinajstić information content (AvgIpc) is 3.01. The van der Waals surface area contributed by atoms with Crippen molar-refractivity contribution < 1.29 is 79.5 Å². The number of phenols is 4. The topological polar surface area (TPSA) is 266 Å². The molecule has 2 aliphatic rings. The van der Waals surface area contributed by atoms with Crippen molar-refractivity contribution in [3.05, 3.63) is 53.6 Å². The SMILES string of the molecule is O=C(/C=C/c1ccc(O)c(O)c1)OC[C@H]1O[C@@H](OCCc2ccc(O)c(O)c2)[C@H](O)[C@@H](O[C@H]2O[C@H](CO)[C@@H](O)[C@H](O)[C@H]2O)[C@@H]1O. The Bertz CT molecular complexity index is 1320. The molecule has 16 heteroatoms. The molecule has 0 aromatic heterocycles. The van der Waals surface area contributed by atoms with E-state index in [-0.39, 0.29) is 30.3 Å². The number of aliphatic hydroxyl groups is 6. The minimum atomic E-state index is -1.85. The first-order valence-electron chi connectivity index (χ1n) is 13.9. The van der Waals surface area contributed by atoms with Crippen molar-refractivity contribution in [2.45, 2.75) is 67.8 Å². The molecule has 0 bridgehead atoms. The number of aromatic hydroxyl groups is 4.